The fraction of sp³-hybridized carbons (Fsp3) is 0.211. The van der Waals surface area contributed by atoms with E-state index in [4.69, 9.17) is 9.47 Å². The monoisotopic (exact) mass is 377 g/mol. The maximum atomic E-state index is 12.5. The van der Waals surface area contributed by atoms with E-state index in [1.165, 1.54) is 18.2 Å². The summed E-state index contributed by atoms with van der Waals surface area (Å²) in [6.07, 6.45) is -2.56. The Labute approximate surface area is 152 Å². The van der Waals surface area contributed by atoms with Gasteiger partial charge in [0.05, 0.1) is 0 Å². The number of hydrogen-bond acceptors (Lipinski definition) is 5. The lowest BCUT2D eigenvalue weighted by atomic mass is 9.96. The Morgan fingerprint density at radius 3 is 2.52 bits per heavy atom. The van der Waals surface area contributed by atoms with E-state index in [-0.39, 0.29) is 23.9 Å². The molecule has 1 N–H and O–H groups in total. The van der Waals surface area contributed by atoms with Crippen molar-refractivity contribution >= 4 is 11.5 Å². The maximum absolute atomic E-state index is 12.5. The first-order chi connectivity index (χ1) is 12.9. The van der Waals surface area contributed by atoms with Crippen molar-refractivity contribution in [3.63, 3.8) is 0 Å². The number of ketones is 1. The van der Waals surface area contributed by atoms with Crippen LogP contribution in [0.1, 0.15) is 21.5 Å². The van der Waals surface area contributed by atoms with Crippen molar-refractivity contribution < 1.29 is 32.2 Å². The van der Waals surface area contributed by atoms with Gasteiger partial charge >= 0.3 is 6.36 Å². The normalized spacial score (nSPS) is 16.6. The Morgan fingerprint density at radius 2 is 1.81 bits per heavy atom. The van der Waals surface area contributed by atoms with E-state index in [1.54, 1.807) is 0 Å². The fourth-order valence-electron chi connectivity index (χ4n) is 3.03. The molecule has 0 spiro atoms. The second-order valence-corrected chi connectivity index (χ2v) is 6.03. The summed E-state index contributed by atoms with van der Waals surface area (Å²) in [6, 6.07) is 8.54. The minimum absolute atomic E-state index is 0.163. The van der Waals surface area contributed by atoms with Gasteiger partial charge in [0, 0.05) is 29.4 Å². The number of benzene rings is 2. The van der Waals surface area contributed by atoms with Crippen LogP contribution in [0.15, 0.2) is 42.5 Å². The van der Waals surface area contributed by atoms with Gasteiger partial charge in [-0.15, -0.1) is 13.2 Å². The standard InChI is InChI=1S/C19H14F3NO4/c20-19(21,22)27-13-3-1-11(2-4-13)16(24)9-15-14-8-18-17(25-10-26-18)7-12(14)5-6-23-15/h1-4,7-9,23H,5-6,10H2. The summed E-state index contributed by atoms with van der Waals surface area (Å²) >= 11 is 0. The number of carbonyl (C=O) groups is 1. The highest BCUT2D eigenvalue weighted by atomic mass is 19.4. The van der Waals surface area contributed by atoms with Gasteiger partial charge in [-0.3, -0.25) is 4.79 Å². The molecular formula is C19H14F3NO4. The highest BCUT2D eigenvalue weighted by Crippen LogP contribution is 2.38. The molecule has 4 rings (SSSR count). The molecule has 0 bridgehead atoms. The van der Waals surface area contributed by atoms with Gasteiger partial charge in [-0.25, -0.2) is 0 Å². The molecule has 0 saturated carbocycles. The molecule has 0 radical (unpaired) electrons. The predicted molar refractivity (Wildman–Crippen MR) is 89.7 cm³/mol. The Morgan fingerprint density at radius 1 is 1.11 bits per heavy atom. The predicted octanol–water partition coefficient (Wildman–Crippen LogP) is 3.68. The Balaban J connectivity index is 1.58. The lowest BCUT2D eigenvalue weighted by Gasteiger charge is -2.21. The van der Waals surface area contributed by atoms with Gasteiger partial charge in [-0.05, 0) is 48.4 Å². The van der Waals surface area contributed by atoms with E-state index in [2.05, 4.69) is 10.1 Å². The molecule has 5 nitrogen and oxygen atoms in total. The van der Waals surface area contributed by atoms with E-state index in [0.717, 1.165) is 29.7 Å². The molecule has 0 fully saturated rings. The Kier molecular flexibility index (Phi) is 4.18. The summed E-state index contributed by atoms with van der Waals surface area (Å²) in [5.74, 6) is 0.591. The molecule has 0 saturated heterocycles. The van der Waals surface area contributed by atoms with Crippen molar-refractivity contribution in [2.75, 3.05) is 13.3 Å². The summed E-state index contributed by atoms with van der Waals surface area (Å²) in [6.45, 7) is 0.820. The lowest BCUT2D eigenvalue weighted by molar-refractivity contribution is -0.274. The summed E-state index contributed by atoms with van der Waals surface area (Å²) in [5.41, 5.74) is 2.77. The topological polar surface area (TPSA) is 56.8 Å². The molecule has 2 aliphatic rings. The number of rotatable bonds is 3. The number of fused-ring (bicyclic) bond motifs is 2. The summed E-state index contributed by atoms with van der Waals surface area (Å²) < 4.78 is 51.2. The molecular weight excluding hydrogens is 363 g/mol. The second-order valence-electron chi connectivity index (χ2n) is 6.03. The minimum Gasteiger partial charge on any atom is -0.454 e. The molecule has 0 aromatic heterocycles. The van der Waals surface area contributed by atoms with Crippen LogP contribution in [0.2, 0.25) is 0 Å². The van der Waals surface area contributed by atoms with Crippen molar-refractivity contribution in [2.45, 2.75) is 12.8 Å². The van der Waals surface area contributed by atoms with Crippen molar-refractivity contribution in [1.82, 2.24) is 5.32 Å². The maximum Gasteiger partial charge on any atom is 0.573 e. The summed E-state index contributed by atoms with van der Waals surface area (Å²) in [4.78, 5) is 12.5. The van der Waals surface area contributed by atoms with Gasteiger partial charge in [-0.2, -0.15) is 0 Å². The molecule has 27 heavy (non-hydrogen) atoms. The Hall–Kier alpha value is -3.16. The first-order valence-corrected chi connectivity index (χ1v) is 8.18. The number of halogens is 3. The number of alkyl halides is 3. The van der Waals surface area contributed by atoms with Gasteiger partial charge in [-0.1, -0.05) is 0 Å². The summed E-state index contributed by atoms with van der Waals surface area (Å²) in [7, 11) is 0. The smallest absolute Gasteiger partial charge is 0.454 e. The molecule has 0 unspecified atom stereocenters. The van der Waals surface area contributed by atoms with E-state index in [0.29, 0.717) is 23.7 Å². The highest BCUT2D eigenvalue weighted by Gasteiger charge is 2.31. The average Bonchev–Trinajstić information content (AvgIpc) is 3.07. The van der Waals surface area contributed by atoms with Crippen LogP contribution < -0.4 is 19.5 Å². The van der Waals surface area contributed by atoms with Crippen LogP contribution in [0.5, 0.6) is 17.2 Å². The second kappa shape index (κ2) is 6.53. The Bertz CT molecular complexity index is 920. The van der Waals surface area contributed by atoms with E-state index < -0.39 is 6.36 Å². The number of allylic oxidation sites excluding steroid dienone is 1. The average molecular weight is 377 g/mol. The fourth-order valence-corrected chi connectivity index (χ4v) is 3.03. The number of carbonyl (C=O) groups excluding carboxylic acids is 1. The van der Waals surface area contributed by atoms with Gasteiger partial charge in [0.2, 0.25) is 6.79 Å². The summed E-state index contributed by atoms with van der Waals surface area (Å²) in [5, 5.41) is 3.18. The largest absolute Gasteiger partial charge is 0.573 e. The SMILES string of the molecule is O=C(C=C1NCCc2cc3c(cc21)OCO3)c1ccc(OC(F)(F)F)cc1. The third kappa shape index (κ3) is 3.69. The quantitative estimate of drug-likeness (QED) is 0.653. The molecule has 8 heteroatoms. The van der Waals surface area contributed by atoms with Crippen LogP contribution in [0.4, 0.5) is 13.2 Å². The van der Waals surface area contributed by atoms with Gasteiger partial charge in [0.1, 0.15) is 5.75 Å². The first-order valence-electron chi connectivity index (χ1n) is 8.18. The van der Waals surface area contributed by atoms with Crippen LogP contribution in [0, 0.1) is 0 Å². The van der Waals surface area contributed by atoms with Crippen LogP contribution in [-0.2, 0) is 6.42 Å². The zero-order valence-corrected chi connectivity index (χ0v) is 13.9. The molecule has 2 heterocycles. The van der Waals surface area contributed by atoms with Crippen LogP contribution in [0.3, 0.4) is 0 Å². The molecule has 2 aliphatic heterocycles. The van der Waals surface area contributed by atoms with E-state index in [1.807, 2.05) is 12.1 Å². The van der Waals surface area contributed by atoms with Gasteiger partial charge in [0.15, 0.2) is 17.3 Å². The number of hydrogen-bond donors (Lipinski definition) is 1. The third-order valence-corrected chi connectivity index (χ3v) is 4.25. The molecule has 2 aromatic carbocycles. The zero-order chi connectivity index (χ0) is 19.0. The molecule has 140 valence electrons. The van der Waals surface area contributed by atoms with Crippen LogP contribution in [-0.4, -0.2) is 25.5 Å². The molecule has 0 amide bonds. The van der Waals surface area contributed by atoms with Crippen LogP contribution >= 0.6 is 0 Å². The molecule has 0 aliphatic carbocycles. The van der Waals surface area contributed by atoms with Crippen molar-refractivity contribution in [3.05, 3.63) is 59.2 Å². The first kappa shape index (κ1) is 17.3. The highest BCUT2D eigenvalue weighted by molar-refractivity contribution is 6.08. The number of ether oxygens (including phenoxy) is 3. The van der Waals surface area contributed by atoms with Gasteiger partial charge in [0.25, 0.3) is 0 Å². The van der Waals surface area contributed by atoms with E-state index in [9.17, 15) is 18.0 Å². The van der Waals surface area contributed by atoms with Crippen molar-refractivity contribution in [2.24, 2.45) is 0 Å². The van der Waals surface area contributed by atoms with Crippen LogP contribution in [0.25, 0.3) is 5.70 Å². The van der Waals surface area contributed by atoms with Gasteiger partial charge < -0.3 is 19.5 Å². The molecule has 2 aromatic rings. The molecule has 0 atom stereocenters. The van der Waals surface area contributed by atoms with Crippen molar-refractivity contribution in [3.8, 4) is 17.2 Å². The number of nitrogens with one attached hydrogen (secondary N) is 1. The van der Waals surface area contributed by atoms with Crippen molar-refractivity contribution in [1.29, 1.82) is 0 Å². The minimum atomic E-state index is -4.77. The van der Waals surface area contributed by atoms with E-state index >= 15 is 0 Å². The zero-order valence-electron chi connectivity index (χ0n) is 13.9. The lowest BCUT2D eigenvalue weighted by Crippen LogP contribution is -2.23. The third-order valence-electron chi connectivity index (χ3n) is 4.25.